The Morgan fingerprint density at radius 1 is 1.53 bits per heavy atom. The number of carbonyl (C=O) groups is 1. The highest BCUT2D eigenvalue weighted by Gasteiger charge is 2.13. The van der Waals surface area contributed by atoms with Crippen molar-refractivity contribution in [1.82, 2.24) is 4.98 Å². The molecular formula is C10H8ClNOS2. The number of aryl methyl sites for hydroxylation is 1. The van der Waals surface area contributed by atoms with Crippen LogP contribution in [-0.4, -0.2) is 10.8 Å². The van der Waals surface area contributed by atoms with Crippen LogP contribution in [0, 0.1) is 6.92 Å². The maximum absolute atomic E-state index is 11.8. The van der Waals surface area contributed by atoms with Gasteiger partial charge >= 0.3 is 0 Å². The molecule has 0 atom stereocenters. The Morgan fingerprint density at radius 2 is 2.33 bits per heavy atom. The van der Waals surface area contributed by atoms with Crippen molar-refractivity contribution in [3.05, 3.63) is 37.4 Å². The summed E-state index contributed by atoms with van der Waals surface area (Å²) in [4.78, 5) is 17.6. The van der Waals surface area contributed by atoms with Crippen LogP contribution >= 0.6 is 34.3 Å². The van der Waals surface area contributed by atoms with E-state index in [1.807, 2.05) is 19.1 Å². The van der Waals surface area contributed by atoms with E-state index in [0.29, 0.717) is 6.42 Å². The van der Waals surface area contributed by atoms with E-state index < -0.39 is 0 Å². The topological polar surface area (TPSA) is 30.0 Å². The van der Waals surface area contributed by atoms with Gasteiger partial charge in [-0.3, -0.25) is 4.79 Å². The van der Waals surface area contributed by atoms with Gasteiger partial charge < -0.3 is 0 Å². The summed E-state index contributed by atoms with van der Waals surface area (Å²) in [5, 5.41) is 0. The molecule has 0 aliphatic rings. The number of thiophene rings is 1. The molecule has 0 spiro atoms. The van der Waals surface area contributed by atoms with Gasteiger partial charge in [-0.15, -0.1) is 22.7 Å². The largest absolute Gasteiger partial charge is 0.293 e. The zero-order valence-corrected chi connectivity index (χ0v) is 10.4. The maximum atomic E-state index is 11.8. The van der Waals surface area contributed by atoms with Gasteiger partial charge in [0.2, 0.25) is 0 Å². The molecule has 0 aliphatic carbocycles. The van der Waals surface area contributed by atoms with Gasteiger partial charge in [-0.25, -0.2) is 4.98 Å². The van der Waals surface area contributed by atoms with E-state index in [2.05, 4.69) is 4.98 Å². The number of rotatable bonds is 3. The monoisotopic (exact) mass is 257 g/mol. The van der Waals surface area contributed by atoms with Gasteiger partial charge in [-0.1, -0.05) is 11.6 Å². The highest BCUT2D eigenvalue weighted by Crippen LogP contribution is 2.24. The molecule has 2 aromatic heterocycles. The molecule has 0 bridgehead atoms. The normalized spacial score (nSPS) is 10.5. The Bertz CT molecular complexity index is 489. The third kappa shape index (κ3) is 2.45. The molecule has 0 radical (unpaired) electrons. The molecule has 15 heavy (non-hydrogen) atoms. The summed E-state index contributed by atoms with van der Waals surface area (Å²) in [6.07, 6.45) is 0.417. The lowest BCUT2D eigenvalue weighted by Gasteiger charge is -1.95. The van der Waals surface area contributed by atoms with E-state index in [-0.39, 0.29) is 5.78 Å². The molecule has 0 N–H and O–H groups in total. The molecule has 5 heteroatoms. The predicted molar refractivity (Wildman–Crippen MR) is 64.2 cm³/mol. The molecule has 78 valence electrons. The molecule has 0 aliphatic heterocycles. The first-order valence-electron chi connectivity index (χ1n) is 4.34. The molecular weight excluding hydrogens is 250 g/mol. The van der Waals surface area contributed by atoms with E-state index in [4.69, 9.17) is 11.6 Å². The fraction of sp³-hybridized carbons (Fsp3) is 0.200. The zero-order valence-electron chi connectivity index (χ0n) is 7.99. The Labute approximate surface area is 101 Å². The minimum absolute atomic E-state index is 0.119. The SMILES string of the molecule is Cc1ncsc1C(=O)Cc1ccc(Cl)s1. The van der Waals surface area contributed by atoms with Crippen LogP contribution in [0.15, 0.2) is 17.6 Å². The number of halogens is 1. The molecule has 0 aromatic carbocycles. The third-order valence-electron chi connectivity index (χ3n) is 1.96. The van der Waals surface area contributed by atoms with Crippen LogP contribution in [0.1, 0.15) is 20.2 Å². The van der Waals surface area contributed by atoms with Crippen molar-refractivity contribution >= 4 is 40.1 Å². The Hall–Kier alpha value is -0.710. The summed E-state index contributed by atoms with van der Waals surface area (Å²) in [6.45, 7) is 1.85. The zero-order chi connectivity index (χ0) is 10.8. The van der Waals surface area contributed by atoms with Crippen molar-refractivity contribution in [2.75, 3.05) is 0 Å². The van der Waals surface area contributed by atoms with Gasteiger partial charge in [-0.2, -0.15) is 0 Å². The highest BCUT2D eigenvalue weighted by atomic mass is 35.5. The fourth-order valence-electron chi connectivity index (χ4n) is 1.25. The molecule has 0 saturated heterocycles. The third-order valence-corrected chi connectivity index (χ3v) is 4.16. The number of hydrogen-bond acceptors (Lipinski definition) is 4. The van der Waals surface area contributed by atoms with Crippen molar-refractivity contribution in [2.24, 2.45) is 0 Å². The Morgan fingerprint density at radius 3 is 2.87 bits per heavy atom. The van der Waals surface area contributed by atoms with Crippen LogP contribution in [0.5, 0.6) is 0 Å². The van der Waals surface area contributed by atoms with Crippen molar-refractivity contribution in [2.45, 2.75) is 13.3 Å². The van der Waals surface area contributed by atoms with E-state index in [1.54, 1.807) is 5.51 Å². The number of ketones is 1. The van der Waals surface area contributed by atoms with Crippen molar-refractivity contribution < 1.29 is 4.79 Å². The number of nitrogens with zero attached hydrogens (tertiary/aromatic N) is 1. The Kier molecular flexibility index (Phi) is 3.19. The highest BCUT2D eigenvalue weighted by molar-refractivity contribution is 7.16. The number of aromatic nitrogens is 1. The lowest BCUT2D eigenvalue weighted by Crippen LogP contribution is -2.01. The predicted octanol–water partition coefficient (Wildman–Crippen LogP) is 3.59. The second-order valence-electron chi connectivity index (χ2n) is 3.07. The number of carbonyl (C=O) groups excluding carboxylic acids is 1. The summed E-state index contributed by atoms with van der Waals surface area (Å²) >= 11 is 8.64. The number of thiazole rings is 1. The van der Waals surface area contributed by atoms with Gasteiger partial charge in [0.25, 0.3) is 0 Å². The standard InChI is InChI=1S/C10H8ClNOS2/c1-6-10(14-5-12-6)8(13)4-7-2-3-9(11)15-7/h2-3,5H,4H2,1H3. The first kappa shape index (κ1) is 10.8. The molecule has 2 heterocycles. The van der Waals surface area contributed by atoms with Gasteiger partial charge in [0, 0.05) is 11.3 Å². The minimum Gasteiger partial charge on any atom is -0.293 e. The summed E-state index contributed by atoms with van der Waals surface area (Å²) in [7, 11) is 0. The van der Waals surface area contributed by atoms with Crippen LogP contribution in [-0.2, 0) is 6.42 Å². The average molecular weight is 258 g/mol. The maximum Gasteiger partial charge on any atom is 0.179 e. The second-order valence-corrected chi connectivity index (χ2v) is 5.73. The summed E-state index contributed by atoms with van der Waals surface area (Å²) in [5.41, 5.74) is 2.51. The molecule has 0 saturated carbocycles. The van der Waals surface area contributed by atoms with Gasteiger partial charge in [-0.05, 0) is 19.1 Å². The van der Waals surface area contributed by atoms with Crippen molar-refractivity contribution in [1.29, 1.82) is 0 Å². The minimum atomic E-state index is 0.119. The molecule has 2 aromatic rings. The summed E-state index contributed by atoms with van der Waals surface area (Å²) in [6, 6.07) is 3.70. The summed E-state index contributed by atoms with van der Waals surface area (Å²) < 4.78 is 0.721. The Balaban J connectivity index is 2.14. The van der Waals surface area contributed by atoms with E-state index in [9.17, 15) is 4.79 Å². The van der Waals surface area contributed by atoms with Crippen LogP contribution in [0.3, 0.4) is 0 Å². The van der Waals surface area contributed by atoms with E-state index in [1.165, 1.54) is 22.7 Å². The molecule has 0 amide bonds. The average Bonchev–Trinajstić information content (AvgIpc) is 2.75. The quantitative estimate of drug-likeness (QED) is 0.787. The van der Waals surface area contributed by atoms with Crippen LogP contribution < -0.4 is 0 Å². The molecule has 2 nitrogen and oxygen atoms in total. The molecule has 0 unspecified atom stereocenters. The van der Waals surface area contributed by atoms with Crippen molar-refractivity contribution in [3.63, 3.8) is 0 Å². The lowest BCUT2D eigenvalue weighted by atomic mass is 10.2. The smallest absolute Gasteiger partial charge is 0.179 e. The van der Waals surface area contributed by atoms with Gasteiger partial charge in [0.15, 0.2) is 5.78 Å². The van der Waals surface area contributed by atoms with Crippen LogP contribution in [0.25, 0.3) is 0 Å². The molecule has 0 fully saturated rings. The van der Waals surface area contributed by atoms with Gasteiger partial charge in [0.1, 0.15) is 0 Å². The fourth-order valence-corrected chi connectivity index (χ4v) is 3.08. The second kappa shape index (κ2) is 4.43. The first-order valence-corrected chi connectivity index (χ1v) is 6.41. The van der Waals surface area contributed by atoms with E-state index >= 15 is 0 Å². The number of Topliss-reactive ketones (excluding diaryl/α,β-unsaturated/α-hetero) is 1. The summed E-state index contributed by atoms with van der Waals surface area (Å²) in [5.74, 6) is 0.119. The van der Waals surface area contributed by atoms with Gasteiger partial charge in [0.05, 0.1) is 20.4 Å². The van der Waals surface area contributed by atoms with Crippen LogP contribution in [0.4, 0.5) is 0 Å². The van der Waals surface area contributed by atoms with Crippen molar-refractivity contribution in [3.8, 4) is 0 Å². The van der Waals surface area contributed by atoms with E-state index in [0.717, 1.165) is 19.8 Å². The number of hydrogen-bond donors (Lipinski definition) is 0. The molecule has 2 rings (SSSR count). The van der Waals surface area contributed by atoms with Crippen LogP contribution in [0.2, 0.25) is 4.34 Å². The lowest BCUT2D eigenvalue weighted by molar-refractivity contribution is 0.0997. The first-order chi connectivity index (χ1) is 7.16.